The number of carbonyl (C=O) groups excluding carboxylic acids is 1. The van der Waals surface area contributed by atoms with Gasteiger partial charge in [0.2, 0.25) is 0 Å². The van der Waals surface area contributed by atoms with Gasteiger partial charge in [-0.25, -0.2) is 5.43 Å². The molecule has 1 N–H and O–H groups in total. The average Bonchev–Trinajstić information content (AvgIpc) is 2.49. The SMILES string of the molecule is Cc1ccc(C=NNC(=O)COc2ccccc2Cl)c(C)c1. The Morgan fingerprint density at radius 3 is 2.77 bits per heavy atom. The molecule has 2 rings (SSSR count). The molecular weight excluding hydrogens is 300 g/mol. The van der Waals surface area contributed by atoms with Crippen molar-refractivity contribution in [3.05, 3.63) is 64.2 Å². The highest BCUT2D eigenvalue weighted by molar-refractivity contribution is 6.32. The Morgan fingerprint density at radius 2 is 2.05 bits per heavy atom. The number of nitrogens with one attached hydrogen (secondary N) is 1. The zero-order chi connectivity index (χ0) is 15.9. The van der Waals surface area contributed by atoms with E-state index < -0.39 is 0 Å². The third-order valence-corrected chi connectivity index (χ3v) is 3.33. The van der Waals surface area contributed by atoms with Gasteiger partial charge in [0.25, 0.3) is 5.91 Å². The van der Waals surface area contributed by atoms with Gasteiger partial charge in [0.05, 0.1) is 11.2 Å². The highest BCUT2D eigenvalue weighted by atomic mass is 35.5. The van der Waals surface area contributed by atoms with E-state index in [9.17, 15) is 4.79 Å². The van der Waals surface area contributed by atoms with Crippen LogP contribution < -0.4 is 10.2 Å². The highest BCUT2D eigenvalue weighted by Gasteiger charge is 2.04. The monoisotopic (exact) mass is 316 g/mol. The van der Waals surface area contributed by atoms with E-state index in [4.69, 9.17) is 16.3 Å². The first-order valence-corrected chi connectivity index (χ1v) is 7.20. The number of rotatable bonds is 5. The van der Waals surface area contributed by atoms with E-state index in [1.54, 1.807) is 30.5 Å². The molecule has 0 fully saturated rings. The van der Waals surface area contributed by atoms with Crippen molar-refractivity contribution in [3.63, 3.8) is 0 Å². The molecule has 0 spiro atoms. The molecular formula is C17H17ClN2O2. The van der Waals surface area contributed by atoms with Crippen molar-refractivity contribution in [2.75, 3.05) is 6.61 Å². The zero-order valence-corrected chi connectivity index (χ0v) is 13.2. The van der Waals surface area contributed by atoms with Crippen LogP contribution in [-0.4, -0.2) is 18.7 Å². The van der Waals surface area contributed by atoms with Crippen molar-refractivity contribution >= 4 is 23.7 Å². The summed E-state index contributed by atoms with van der Waals surface area (Å²) in [4.78, 5) is 11.7. The third-order valence-electron chi connectivity index (χ3n) is 3.01. The van der Waals surface area contributed by atoms with E-state index in [-0.39, 0.29) is 12.5 Å². The molecule has 0 radical (unpaired) electrons. The highest BCUT2D eigenvalue weighted by Crippen LogP contribution is 2.22. The van der Waals surface area contributed by atoms with Crippen LogP contribution in [0.3, 0.4) is 0 Å². The van der Waals surface area contributed by atoms with Crippen LogP contribution in [-0.2, 0) is 4.79 Å². The van der Waals surface area contributed by atoms with Gasteiger partial charge in [-0.05, 0) is 37.1 Å². The summed E-state index contributed by atoms with van der Waals surface area (Å²) in [6.45, 7) is 3.88. The molecule has 0 heterocycles. The van der Waals surface area contributed by atoms with Crippen LogP contribution in [0.15, 0.2) is 47.6 Å². The van der Waals surface area contributed by atoms with E-state index in [1.807, 2.05) is 26.0 Å². The van der Waals surface area contributed by atoms with Crippen molar-refractivity contribution in [2.45, 2.75) is 13.8 Å². The smallest absolute Gasteiger partial charge is 0.277 e. The van der Waals surface area contributed by atoms with Crippen LogP contribution in [0.2, 0.25) is 5.02 Å². The molecule has 0 unspecified atom stereocenters. The Hall–Kier alpha value is -2.33. The summed E-state index contributed by atoms with van der Waals surface area (Å²) in [5.74, 6) is 0.124. The zero-order valence-electron chi connectivity index (χ0n) is 12.5. The summed E-state index contributed by atoms with van der Waals surface area (Å²) in [5.41, 5.74) is 5.67. The number of amides is 1. The normalized spacial score (nSPS) is 10.7. The van der Waals surface area contributed by atoms with E-state index in [0.717, 1.165) is 11.1 Å². The summed E-state index contributed by atoms with van der Waals surface area (Å²) in [6, 6.07) is 13.0. The van der Waals surface area contributed by atoms with Crippen LogP contribution in [0, 0.1) is 13.8 Å². The van der Waals surface area contributed by atoms with Gasteiger partial charge in [-0.2, -0.15) is 5.10 Å². The molecule has 0 saturated carbocycles. The Labute approximate surface area is 134 Å². The van der Waals surface area contributed by atoms with Crippen molar-refractivity contribution in [3.8, 4) is 5.75 Å². The summed E-state index contributed by atoms with van der Waals surface area (Å²) in [5, 5.41) is 4.40. The van der Waals surface area contributed by atoms with Gasteiger partial charge in [-0.3, -0.25) is 4.79 Å². The Morgan fingerprint density at radius 1 is 1.27 bits per heavy atom. The Bertz CT molecular complexity index is 699. The van der Waals surface area contributed by atoms with Crippen LogP contribution in [0.4, 0.5) is 0 Å². The Balaban J connectivity index is 1.85. The summed E-state index contributed by atoms with van der Waals surface area (Å²) in [6.07, 6.45) is 1.61. The largest absolute Gasteiger partial charge is 0.482 e. The van der Waals surface area contributed by atoms with Gasteiger partial charge in [-0.15, -0.1) is 0 Å². The minimum absolute atomic E-state index is 0.145. The van der Waals surface area contributed by atoms with E-state index >= 15 is 0 Å². The van der Waals surface area contributed by atoms with E-state index in [0.29, 0.717) is 10.8 Å². The fourth-order valence-electron chi connectivity index (χ4n) is 1.88. The second-order valence-electron chi connectivity index (χ2n) is 4.87. The predicted octanol–water partition coefficient (Wildman–Crippen LogP) is 3.49. The number of para-hydroxylation sites is 1. The van der Waals surface area contributed by atoms with Gasteiger partial charge >= 0.3 is 0 Å². The molecule has 0 saturated heterocycles. The van der Waals surface area contributed by atoms with Crippen LogP contribution in [0.1, 0.15) is 16.7 Å². The molecule has 2 aromatic rings. The van der Waals surface area contributed by atoms with Crippen molar-refractivity contribution in [1.29, 1.82) is 0 Å². The van der Waals surface area contributed by atoms with Gasteiger partial charge in [0.15, 0.2) is 6.61 Å². The van der Waals surface area contributed by atoms with Crippen molar-refractivity contribution in [2.24, 2.45) is 5.10 Å². The molecule has 0 aliphatic carbocycles. The average molecular weight is 317 g/mol. The molecule has 5 heteroatoms. The minimum Gasteiger partial charge on any atom is -0.482 e. The van der Waals surface area contributed by atoms with E-state index in [2.05, 4.69) is 16.6 Å². The molecule has 0 aliphatic rings. The maximum atomic E-state index is 11.7. The summed E-state index contributed by atoms with van der Waals surface area (Å²) >= 11 is 5.94. The molecule has 4 nitrogen and oxygen atoms in total. The fraction of sp³-hybridized carbons (Fsp3) is 0.176. The van der Waals surface area contributed by atoms with Gasteiger partial charge < -0.3 is 4.74 Å². The standard InChI is InChI=1S/C17H17ClN2O2/c1-12-7-8-14(13(2)9-12)10-19-20-17(21)11-22-16-6-4-3-5-15(16)18/h3-10H,11H2,1-2H3,(H,20,21). The van der Waals surface area contributed by atoms with Crippen LogP contribution in [0.5, 0.6) is 5.75 Å². The molecule has 2 aromatic carbocycles. The number of aryl methyl sites for hydroxylation is 2. The quantitative estimate of drug-likeness (QED) is 0.678. The van der Waals surface area contributed by atoms with Crippen molar-refractivity contribution < 1.29 is 9.53 Å². The van der Waals surface area contributed by atoms with Gasteiger partial charge in [0.1, 0.15) is 5.75 Å². The predicted molar refractivity (Wildman–Crippen MR) is 88.6 cm³/mol. The lowest BCUT2D eigenvalue weighted by Crippen LogP contribution is -2.24. The summed E-state index contributed by atoms with van der Waals surface area (Å²) < 4.78 is 5.32. The third kappa shape index (κ3) is 4.60. The number of ether oxygens (including phenoxy) is 1. The number of halogens is 1. The molecule has 0 aliphatic heterocycles. The molecule has 1 amide bonds. The number of hydrogen-bond acceptors (Lipinski definition) is 3. The van der Waals surface area contributed by atoms with Crippen LogP contribution >= 0.6 is 11.6 Å². The van der Waals surface area contributed by atoms with E-state index in [1.165, 1.54) is 5.56 Å². The second-order valence-corrected chi connectivity index (χ2v) is 5.28. The lowest BCUT2D eigenvalue weighted by molar-refractivity contribution is -0.123. The molecule has 0 atom stereocenters. The number of benzene rings is 2. The molecule has 0 aromatic heterocycles. The maximum absolute atomic E-state index is 11.7. The lowest BCUT2D eigenvalue weighted by atomic mass is 10.1. The van der Waals surface area contributed by atoms with Gasteiger partial charge in [-0.1, -0.05) is 47.5 Å². The lowest BCUT2D eigenvalue weighted by Gasteiger charge is -2.06. The first-order valence-electron chi connectivity index (χ1n) is 6.83. The number of hydrogen-bond donors (Lipinski definition) is 1. The number of nitrogens with zero attached hydrogens (tertiary/aromatic N) is 1. The molecule has 0 bridgehead atoms. The molecule has 114 valence electrons. The second kappa shape index (κ2) is 7.61. The summed E-state index contributed by atoms with van der Waals surface area (Å²) in [7, 11) is 0. The minimum atomic E-state index is -0.346. The van der Waals surface area contributed by atoms with Gasteiger partial charge in [0, 0.05) is 0 Å². The fourth-order valence-corrected chi connectivity index (χ4v) is 2.07. The number of hydrazone groups is 1. The van der Waals surface area contributed by atoms with Crippen LogP contribution in [0.25, 0.3) is 0 Å². The number of carbonyl (C=O) groups is 1. The molecule has 22 heavy (non-hydrogen) atoms. The van der Waals surface area contributed by atoms with Crippen molar-refractivity contribution in [1.82, 2.24) is 5.43 Å². The topological polar surface area (TPSA) is 50.7 Å². The first-order chi connectivity index (χ1) is 10.6. The Kier molecular flexibility index (Phi) is 5.55. The first kappa shape index (κ1) is 16.0. The maximum Gasteiger partial charge on any atom is 0.277 e.